The first kappa shape index (κ1) is 34.0. The molecule has 0 bridgehead atoms. The fraction of sp³-hybridized carbons (Fsp3) is 0.205. The Bertz CT molecular complexity index is 2420. The predicted octanol–water partition coefficient (Wildman–Crippen LogP) is 12.3. The fourth-order valence-electron chi connectivity index (χ4n) is 6.22. The number of thiazole rings is 1. The van der Waals surface area contributed by atoms with E-state index in [2.05, 4.69) is 82.1 Å². The molecule has 253 valence electrons. The maximum Gasteiger partial charge on any atom is 0.148 e. The van der Waals surface area contributed by atoms with E-state index >= 15 is 0 Å². The van der Waals surface area contributed by atoms with E-state index in [1.165, 1.54) is 11.1 Å². The van der Waals surface area contributed by atoms with Gasteiger partial charge in [-0.2, -0.15) is 0 Å². The van der Waals surface area contributed by atoms with Crippen LogP contribution in [0.3, 0.4) is 0 Å². The van der Waals surface area contributed by atoms with E-state index in [1.54, 1.807) is 17.5 Å². The van der Waals surface area contributed by atoms with E-state index in [-0.39, 0.29) is 25.5 Å². The van der Waals surface area contributed by atoms with Crippen LogP contribution in [0.15, 0.2) is 108 Å². The predicted molar refractivity (Wildman–Crippen MR) is 205 cm³/mol. The number of benzene rings is 4. The summed E-state index contributed by atoms with van der Waals surface area (Å²) in [6.45, 7) is 14.7. The number of pyridine rings is 2. The van der Waals surface area contributed by atoms with Gasteiger partial charge in [-0.25, -0.2) is 4.98 Å². The van der Waals surface area contributed by atoms with Crippen LogP contribution in [0.2, 0.25) is 0 Å². The second-order valence-electron chi connectivity index (χ2n) is 13.6. The van der Waals surface area contributed by atoms with Crippen molar-refractivity contribution >= 4 is 43.5 Å². The molecule has 6 heteroatoms. The van der Waals surface area contributed by atoms with E-state index in [9.17, 15) is 0 Å². The first-order chi connectivity index (χ1) is 23.9. The summed E-state index contributed by atoms with van der Waals surface area (Å²) in [4.78, 5) is 14.1. The molecule has 0 fully saturated rings. The van der Waals surface area contributed by atoms with E-state index < -0.39 is 5.89 Å². The van der Waals surface area contributed by atoms with Gasteiger partial charge in [-0.15, -0.1) is 65.4 Å². The molecule has 4 nitrogen and oxygen atoms in total. The van der Waals surface area contributed by atoms with Crippen molar-refractivity contribution in [1.29, 1.82) is 0 Å². The minimum Gasteiger partial charge on any atom is -0.498 e. The monoisotopic (exact) mass is 851 g/mol. The van der Waals surface area contributed by atoms with Crippen molar-refractivity contribution in [2.45, 2.75) is 59.8 Å². The third kappa shape index (κ3) is 6.81. The molecule has 0 unspecified atom stereocenters. The minimum atomic E-state index is -0.820. The molecule has 0 atom stereocenters. The van der Waals surface area contributed by atoms with Crippen LogP contribution in [0.1, 0.15) is 63.6 Å². The molecule has 8 rings (SSSR count). The Balaban J connectivity index is 0.000000291. The summed E-state index contributed by atoms with van der Waals surface area (Å²) in [6.07, 6.45) is 3.70. The number of aryl methyl sites for hydroxylation is 2. The van der Waals surface area contributed by atoms with Crippen molar-refractivity contribution < 1.29 is 25.9 Å². The zero-order valence-electron chi connectivity index (χ0n) is 30.3. The summed E-state index contributed by atoms with van der Waals surface area (Å²) in [5.74, 6) is -0.820. The average molecular weight is 851 g/mol. The molecular weight excluding hydrogens is 811 g/mol. The van der Waals surface area contributed by atoms with Gasteiger partial charge in [-0.1, -0.05) is 88.0 Å². The zero-order chi connectivity index (χ0) is 35.2. The fourth-order valence-corrected chi connectivity index (χ4v) is 7.24. The van der Waals surface area contributed by atoms with Gasteiger partial charge in [-0.3, -0.25) is 0 Å². The average Bonchev–Trinajstić information content (AvgIpc) is 3.72. The Kier molecular flexibility index (Phi) is 9.79. The maximum absolute atomic E-state index is 8.99. The Morgan fingerprint density at radius 3 is 2.24 bits per heavy atom. The van der Waals surface area contributed by atoms with Gasteiger partial charge in [-0.05, 0) is 65.5 Å². The summed E-state index contributed by atoms with van der Waals surface area (Å²) in [5, 5.41) is 3.16. The third-order valence-corrected chi connectivity index (χ3v) is 10.1. The number of nitrogens with zero attached hydrogens (tertiary/aromatic N) is 3. The van der Waals surface area contributed by atoms with Crippen molar-refractivity contribution in [3.8, 4) is 33.6 Å². The first-order valence-electron chi connectivity index (χ1n) is 17.0. The summed E-state index contributed by atoms with van der Waals surface area (Å²) in [6, 6.07) is 36.8. The van der Waals surface area contributed by atoms with E-state index in [0.717, 1.165) is 76.4 Å². The number of rotatable bonds is 4. The van der Waals surface area contributed by atoms with Crippen molar-refractivity contribution in [1.82, 2.24) is 15.0 Å². The largest absolute Gasteiger partial charge is 0.498 e. The summed E-state index contributed by atoms with van der Waals surface area (Å²) < 4.78 is 16.7. The minimum absolute atomic E-state index is 0. The van der Waals surface area contributed by atoms with Crippen LogP contribution < -0.4 is 0 Å². The standard InChI is InChI=1S/C33H31N2OS.C11H8N.Ir/c1-18(2)24-16-26(34-17-25(24)28-19(3)10-8-11-20(28)4)23-13-9-12-21-22-14-15-27-29(31(22)36-30(21)23)35-32(37-27)33(5,6)7;1-2-6-10(7-3-1)11-8-4-5-9-12-11;/h8-12,14-18H,1-7H3;1-6,8-9H;/q2*-1;/i18D;;. The molecular formula is C44H39IrN3OS-2. The third-order valence-electron chi connectivity index (χ3n) is 8.70. The van der Waals surface area contributed by atoms with E-state index in [0.29, 0.717) is 0 Å². The Morgan fingerprint density at radius 2 is 1.56 bits per heavy atom. The molecule has 8 aromatic rings. The second kappa shape index (κ2) is 14.4. The molecule has 0 aliphatic heterocycles. The van der Waals surface area contributed by atoms with Gasteiger partial charge in [0.25, 0.3) is 0 Å². The number of hydrogen-bond acceptors (Lipinski definition) is 5. The van der Waals surface area contributed by atoms with Gasteiger partial charge < -0.3 is 14.4 Å². The normalized spacial score (nSPS) is 12.0. The van der Waals surface area contributed by atoms with Crippen LogP contribution in [0.25, 0.3) is 65.8 Å². The first-order valence-corrected chi connectivity index (χ1v) is 17.3. The summed E-state index contributed by atoms with van der Waals surface area (Å²) in [5.41, 5.74) is 11.4. The Labute approximate surface area is 313 Å². The SMILES string of the molecule is [2H]C(C)(C)c1cc(-c2[c-]ccc3c2oc2c3ccc3sc(C(C)(C)C)nc32)ncc1-c1c(C)cccc1C.[Ir].[c-]1ccccc1-c1ccccn1. The Morgan fingerprint density at radius 1 is 0.800 bits per heavy atom. The molecule has 4 aromatic heterocycles. The molecule has 4 aromatic carbocycles. The van der Waals surface area contributed by atoms with Gasteiger partial charge in [0.05, 0.1) is 15.3 Å². The van der Waals surface area contributed by atoms with Crippen LogP contribution in [0.4, 0.5) is 0 Å². The van der Waals surface area contributed by atoms with Gasteiger partial charge in [0, 0.05) is 50.2 Å². The number of furan rings is 1. The molecule has 0 aliphatic carbocycles. The summed E-state index contributed by atoms with van der Waals surface area (Å²) in [7, 11) is 0. The second-order valence-corrected chi connectivity index (χ2v) is 14.7. The molecule has 0 amide bonds. The maximum atomic E-state index is 8.99. The topological polar surface area (TPSA) is 51.8 Å². The Hall–Kier alpha value is -4.48. The van der Waals surface area contributed by atoms with Crippen LogP contribution in [0.5, 0.6) is 0 Å². The molecule has 1 radical (unpaired) electrons. The van der Waals surface area contributed by atoms with Crippen LogP contribution >= 0.6 is 11.3 Å². The smallest absolute Gasteiger partial charge is 0.148 e. The van der Waals surface area contributed by atoms with Gasteiger partial charge in [0.1, 0.15) is 11.1 Å². The van der Waals surface area contributed by atoms with Gasteiger partial charge >= 0.3 is 0 Å². The van der Waals surface area contributed by atoms with Crippen LogP contribution in [-0.4, -0.2) is 15.0 Å². The number of hydrogen-bond donors (Lipinski definition) is 0. The van der Waals surface area contributed by atoms with Crippen molar-refractivity contribution in [3.63, 3.8) is 0 Å². The van der Waals surface area contributed by atoms with Gasteiger partial charge in [0.2, 0.25) is 0 Å². The van der Waals surface area contributed by atoms with Crippen molar-refractivity contribution in [2.75, 3.05) is 0 Å². The van der Waals surface area contributed by atoms with Crippen molar-refractivity contribution in [2.24, 2.45) is 0 Å². The number of fused-ring (bicyclic) bond motifs is 5. The number of aromatic nitrogens is 3. The summed E-state index contributed by atoms with van der Waals surface area (Å²) >= 11 is 1.72. The zero-order valence-corrected chi connectivity index (χ0v) is 32.5. The van der Waals surface area contributed by atoms with Gasteiger partial charge in [0.15, 0.2) is 0 Å². The molecule has 50 heavy (non-hydrogen) atoms. The quantitative estimate of drug-likeness (QED) is 0.166. The molecule has 4 heterocycles. The van der Waals surface area contributed by atoms with Crippen molar-refractivity contribution in [3.05, 3.63) is 137 Å². The molecule has 0 spiro atoms. The van der Waals surface area contributed by atoms with E-state index in [4.69, 9.17) is 15.8 Å². The van der Waals surface area contributed by atoms with Crippen LogP contribution in [-0.2, 0) is 25.5 Å². The molecule has 0 saturated heterocycles. The molecule has 0 N–H and O–H groups in total. The van der Waals surface area contributed by atoms with Crippen LogP contribution in [0, 0.1) is 26.0 Å². The van der Waals surface area contributed by atoms with E-state index in [1.807, 2.05) is 80.7 Å². The molecule has 0 aliphatic rings. The molecule has 0 saturated carbocycles.